The number of thiophene rings is 1. The summed E-state index contributed by atoms with van der Waals surface area (Å²) >= 11 is 1.84. The van der Waals surface area contributed by atoms with Crippen LogP contribution in [0.15, 0.2) is 22.5 Å². The van der Waals surface area contributed by atoms with Gasteiger partial charge in [0.15, 0.2) is 5.96 Å². The molecule has 3 rings (SSSR count). The Morgan fingerprint density at radius 2 is 2.12 bits per heavy atom. The molecule has 0 amide bonds. The molecule has 0 spiro atoms. The molecular formula is C18H31IN4OS. The summed E-state index contributed by atoms with van der Waals surface area (Å²) in [5.74, 6) is 1.04. The van der Waals surface area contributed by atoms with Gasteiger partial charge in [-0.2, -0.15) is 0 Å². The van der Waals surface area contributed by atoms with Crippen LogP contribution < -0.4 is 5.32 Å². The largest absolute Gasteiger partial charge is 0.379 e. The molecular weight excluding hydrogens is 447 g/mol. The second-order valence-electron chi connectivity index (χ2n) is 7.44. The molecule has 142 valence electrons. The van der Waals surface area contributed by atoms with Crippen molar-refractivity contribution in [3.05, 3.63) is 22.4 Å². The van der Waals surface area contributed by atoms with Crippen LogP contribution in [-0.2, 0) is 4.74 Å². The molecule has 3 heterocycles. The van der Waals surface area contributed by atoms with Crippen molar-refractivity contribution >= 4 is 41.3 Å². The fourth-order valence-corrected chi connectivity index (χ4v) is 4.45. The van der Waals surface area contributed by atoms with Crippen molar-refractivity contribution in [2.75, 3.05) is 53.0 Å². The van der Waals surface area contributed by atoms with Gasteiger partial charge < -0.3 is 15.0 Å². The lowest BCUT2D eigenvalue weighted by Gasteiger charge is -2.35. The van der Waals surface area contributed by atoms with E-state index in [1.165, 1.54) is 11.3 Å². The molecule has 0 aromatic carbocycles. The Morgan fingerprint density at radius 3 is 2.68 bits per heavy atom. The van der Waals surface area contributed by atoms with E-state index >= 15 is 0 Å². The quantitative estimate of drug-likeness (QED) is 0.411. The number of morpholine rings is 1. The van der Waals surface area contributed by atoms with Crippen LogP contribution in [0, 0.1) is 5.41 Å². The lowest BCUT2D eigenvalue weighted by atomic mass is 9.93. The van der Waals surface area contributed by atoms with E-state index < -0.39 is 0 Å². The maximum absolute atomic E-state index is 5.53. The molecule has 2 aliphatic rings. The number of halogens is 1. The highest BCUT2D eigenvalue weighted by atomic mass is 127. The molecule has 2 fully saturated rings. The Balaban J connectivity index is 0.00000225. The lowest BCUT2D eigenvalue weighted by Crippen LogP contribution is -2.47. The normalized spacial score (nSPS) is 22.5. The van der Waals surface area contributed by atoms with Gasteiger partial charge in [-0.25, -0.2) is 0 Å². The van der Waals surface area contributed by atoms with E-state index in [1.807, 2.05) is 18.4 Å². The molecule has 2 saturated heterocycles. The lowest BCUT2D eigenvalue weighted by molar-refractivity contribution is 0.0176. The number of aliphatic imine (C=N–C) groups is 1. The van der Waals surface area contributed by atoms with Gasteiger partial charge in [0.1, 0.15) is 0 Å². The minimum absolute atomic E-state index is 0. The van der Waals surface area contributed by atoms with Crippen LogP contribution in [-0.4, -0.2) is 68.7 Å². The average Bonchev–Trinajstić information content (AvgIpc) is 3.22. The van der Waals surface area contributed by atoms with Crippen molar-refractivity contribution < 1.29 is 4.74 Å². The van der Waals surface area contributed by atoms with Crippen molar-refractivity contribution in [2.24, 2.45) is 10.4 Å². The highest BCUT2D eigenvalue weighted by molar-refractivity contribution is 14.0. The molecule has 1 aromatic heterocycles. The van der Waals surface area contributed by atoms with Gasteiger partial charge in [-0.15, -0.1) is 35.3 Å². The number of ether oxygens (including phenoxy) is 1. The summed E-state index contributed by atoms with van der Waals surface area (Å²) in [5.41, 5.74) is 0.384. The van der Waals surface area contributed by atoms with Crippen LogP contribution in [0.25, 0.3) is 0 Å². The third-order valence-corrected chi connectivity index (χ3v) is 5.97. The Hall–Kier alpha value is -0.380. The molecule has 0 saturated carbocycles. The summed E-state index contributed by atoms with van der Waals surface area (Å²) in [4.78, 5) is 10.9. The van der Waals surface area contributed by atoms with Crippen molar-refractivity contribution in [1.29, 1.82) is 0 Å². The number of likely N-dealkylation sites (tertiary alicyclic amines) is 1. The van der Waals surface area contributed by atoms with Gasteiger partial charge in [0.25, 0.3) is 0 Å². The Morgan fingerprint density at radius 1 is 1.36 bits per heavy atom. The van der Waals surface area contributed by atoms with Crippen molar-refractivity contribution in [3.63, 3.8) is 0 Å². The zero-order valence-electron chi connectivity index (χ0n) is 15.5. The minimum Gasteiger partial charge on any atom is -0.379 e. The molecule has 1 unspecified atom stereocenters. The van der Waals surface area contributed by atoms with Crippen LogP contribution >= 0.6 is 35.3 Å². The minimum atomic E-state index is 0. The van der Waals surface area contributed by atoms with E-state index in [4.69, 9.17) is 4.74 Å². The van der Waals surface area contributed by atoms with E-state index in [0.29, 0.717) is 11.5 Å². The number of nitrogens with zero attached hydrogens (tertiary/aromatic N) is 3. The first kappa shape index (κ1) is 20.9. The van der Waals surface area contributed by atoms with E-state index in [2.05, 4.69) is 51.5 Å². The van der Waals surface area contributed by atoms with Gasteiger partial charge in [0.05, 0.1) is 19.3 Å². The fraction of sp³-hybridized carbons (Fsp3) is 0.722. The smallest absolute Gasteiger partial charge is 0.193 e. The van der Waals surface area contributed by atoms with Crippen LogP contribution in [0.5, 0.6) is 0 Å². The number of rotatable bonds is 4. The summed E-state index contributed by atoms with van der Waals surface area (Å²) in [6.45, 7) is 11.4. The third kappa shape index (κ3) is 5.55. The first-order chi connectivity index (χ1) is 11.6. The molecule has 1 atom stereocenters. The van der Waals surface area contributed by atoms with Gasteiger partial charge in [-0.3, -0.25) is 9.89 Å². The van der Waals surface area contributed by atoms with E-state index in [1.54, 1.807) is 0 Å². The molecule has 25 heavy (non-hydrogen) atoms. The summed E-state index contributed by atoms with van der Waals surface area (Å²) in [5, 5.41) is 5.80. The van der Waals surface area contributed by atoms with Gasteiger partial charge in [0, 0.05) is 44.6 Å². The van der Waals surface area contributed by atoms with E-state index in [9.17, 15) is 0 Å². The van der Waals surface area contributed by atoms with Crippen molar-refractivity contribution in [2.45, 2.75) is 26.3 Å². The monoisotopic (exact) mass is 478 g/mol. The van der Waals surface area contributed by atoms with Gasteiger partial charge in [-0.1, -0.05) is 19.9 Å². The Kier molecular flexibility index (Phi) is 7.97. The standard InChI is InChI=1S/C18H30N4OS.HI/c1-18(2)6-7-22(14-18)17(19-3)20-13-15(16-5-4-12-24-16)21-8-10-23-11-9-21;/h4-5,12,15H,6-11,13-14H2,1-3H3,(H,19,20);1H. The highest BCUT2D eigenvalue weighted by Crippen LogP contribution is 2.29. The molecule has 1 N–H and O–H groups in total. The van der Waals surface area contributed by atoms with Crippen molar-refractivity contribution in [1.82, 2.24) is 15.1 Å². The number of hydrogen-bond acceptors (Lipinski definition) is 4. The summed E-state index contributed by atoms with van der Waals surface area (Å²) < 4.78 is 5.53. The molecule has 0 radical (unpaired) electrons. The predicted octanol–water partition coefficient (Wildman–Crippen LogP) is 3.05. The molecule has 0 bridgehead atoms. The highest BCUT2D eigenvalue weighted by Gasteiger charge is 2.31. The van der Waals surface area contributed by atoms with Gasteiger partial charge in [0.2, 0.25) is 0 Å². The van der Waals surface area contributed by atoms with Crippen LogP contribution in [0.2, 0.25) is 0 Å². The second kappa shape index (κ2) is 9.53. The second-order valence-corrected chi connectivity index (χ2v) is 8.42. The topological polar surface area (TPSA) is 40.1 Å². The molecule has 1 aromatic rings. The van der Waals surface area contributed by atoms with Crippen LogP contribution in [0.3, 0.4) is 0 Å². The summed E-state index contributed by atoms with van der Waals surface area (Å²) in [6, 6.07) is 4.78. The van der Waals surface area contributed by atoms with Crippen LogP contribution in [0.1, 0.15) is 31.2 Å². The van der Waals surface area contributed by atoms with E-state index in [0.717, 1.165) is 51.9 Å². The first-order valence-corrected chi connectivity index (χ1v) is 9.78. The van der Waals surface area contributed by atoms with Gasteiger partial charge in [-0.05, 0) is 23.3 Å². The Labute approximate surface area is 172 Å². The van der Waals surface area contributed by atoms with E-state index in [-0.39, 0.29) is 24.0 Å². The van der Waals surface area contributed by atoms with Crippen molar-refractivity contribution in [3.8, 4) is 0 Å². The van der Waals surface area contributed by atoms with Crippen LogP contribution in [0.4, 0.5) is 0 Å². The summed E-state index contributed by atoms with van der Waals surface area (Å²) in [6.07, 6.45) is 1.23. The maximum atomic E-state index is 5.53. The number of nitrogens with one attached hydrogen (secondary N) is 1. The SMILES string of the molecule is CN=C(NCC(c1cccs1)N1CCOCC1)N1CCC(C)(C)C1.I. The predicted molar refractivity (Wildman–Crippen MR) is 116 cm³/mol. The van der Waals surface area contributed by atoms with Gasteiger partial charge >= 0.3 is 0 Å². The molecule has 5 nitrogen and oxygen atoms in total. The molecule has 0 aliphatic carbocycles. The maximum Gasteiger partial charge on any atom is 0.193 e. The first-order valence-electron chi connectivity index (χ1n) is 8.90. The zero-order valence-corrected chi connectivity index (χ0v) is 18.7. The Bertz CT molecular complexity index is 543. The summed E-state index contributed by atoms with van der Waals surface area (Å²) in [7, 11) is 1.89. The third-order valence-electron chi connectivity index (χ3n) is 5.00. The molecule has 7 heteroatoms. The average molecular weight is 478 g/mol. The fourth-order valence-electron chi connectivity index (χ4n) is 3.59. The number of hydrogen-bond donors (Lipinski definition) is 1. The zero-order chi connectivity index (χ0) is 17.0. The molecule has 2 aliphatic heterocycles. The number of guanidine groups is 1.